The lowest BCUT2D eigenvalue weighted by Gasteiger charge is -2.31. The van der Waals surface area contributed by atoms with Crippen LogP contribution in [0.25, 0.3) is 0 Å². The van der Waals surface area contributed by atoms with Gasteiger partial charge >= 0.3 is 0 Å². The summed E-state index contributed by atoms with van der Waals surface area (Å²) in [5.41, 5.74) is 0. The highest BCUT2D eigenvalue weighted by Crippen LogP contribution is 2.36. The number of fused-ring (bicyclic) bond motifs is 2. The average Bonchev–Trinajstić information content (AvgIpc) is 2.59. The zero-order chi connectivity index (χ0) is 11.4. The van der Waals surface area contributed by atoms with Crippen LogP contribution >= 0.6 is 0 Å². The Labute approximate surface area is 96.3 Å². The third-order valence-corrected chi connectivity index (χ3v) is 3.78. The minimum absolute atomic E-state index is 0.0810. The van der Waals surface area contributed by atoms with Crippen LogP contribution < -0.4 is 0 Å². The first-order valence-electron chi connectivity index (χ1n) is 6.20. The molecule has 90 valence electrons. The van der Waals surface area contributed by atoms with Crippen molar-refractivity contribution in [3.63, 3.8) is 0 Å². The van der Waals surface area contributed by atoms with E-state index in [-0.39, 0.29) is 5.78 Å². The lowest BCUT2D eigenvalue weighted by atomic mass is 9.98. The zero-order valence-corrected chi connectivity index (χ0v) is 9.64. The van der Waals surface area contributed by atoms with Crippen molar-refractivity contribution in [3.8, 4) is 0 Å². The third kappa shape index (κ3) is 3.04. The van der Waals surface area contributed by atoms with E-state index >= 15 is 0 Å². The summed E-state index contributed by atoms with van der Waals surface area (Å²) in [5.74, 6) is 1.74. The van der Waals surface area contributed by atoms with E-state index in [2.05, 4.69) is 10.1 Å². The van der Waals surface area contributed by atoms with E-state index in [0.717, 1.165) is 31.0 Å². The Morgan fingerprint density at radius 1 is 1.38 bits per heavy atom. The normalized spacial score (nSPS) is 30.0. The molecule has 1 aliphatic heterocycles. The van der Waals surface area contributed by atoms with Gasteiger partial charge in [0.05, 0.1) is 0 Å². The van der Waals surface area contributed by atoms with E-state index in [1.165, 1.54) is 32.4 Å². The number of likely N-dealkylation sites (tertiary alicyclic amines) is 1. The van der Waals surface area contributed by atoms with E-state index in [4.69, 9.17) is 5.21 Å². The van der Waals surface area contributed by atoms with Crippen molar-refractivity contribution in [3.05, 3.63) is 0 Å². The molecule has 0 aromatic rings. The van der Waals surface area contributed by atoms with Crippen LogP contribution in [0.2, 0.25) is 0 Å². The highest BCUT2D eigenvalue weighted by molar-refractivity contribution is 6.27. The molecule has 2 rings (SSSR count). The average molecular weight is 224 g/mol. The van der Waals surface area contributed by atoms with E-state index in [0.29, 0.717) is 6.42 Å². The smallest absolute Gasteiger partial charge is 0.177 e. The third-order valence-electron chi connectivity index (χ3n) is 3.78. The molecule has 0 spiro atoms. The molecule has 2 bridgehead atoms. The Hall–Kier alpha value is -0.900. The molecule has 2 fully saturated rings. The van der Waals surface area contributed by atoms with Crippen molar-refractivity contribution < 1.29 is 10.0 Å². The molecule has 0 aromatic heterocycles. The lowest BCUT2D eigenvalue weighted by Crippen LogP contribution is -2.37. The fourth-order valence-corrected chi connectivity index (χ4v) is 3.10. The summed E-state index contributed by atoms with van der Waals surface area (Å²) >= 11 is 0. The van der Waals surface area contributed by atoms with Crippen LogP contribution in [0.15, 0.2) is 5.16 Å². The molecule has 4 heteroatoms. The molecule has 1 heterocycles. The Morgan fingerprint density at radius 3 is 2.69 bits per heavy atom. The van der Waals surface area contributed by atoms with Gasteiger partial charge in [0.15, 0.2) is 5.78 Å². The van der Waals surface area contributed by atoms with Crippen LogP contribution in [0, 0.1) is 11.8 Å². The lowest BCUT2D eigenvalue weighted by molar-refractivity contribution is -0.112. The van der Waals surface area contributed by atoms with Gasteiger partial charge in [0.1, 0.15) is 6.21 Å². The first-order chi connectivity index (χ1) is 7.78. The summed E-state index contributed by atoms with van der Waals surface area (Å²) in [6.07, 6.45) is 6.60. The van der Waals surface area contributed by atoms with Gasteiger partial charge in [-0.25, -0.2) is 0 Å². The number of Topliss-reactive ketones (excluding diaryl/α,β-unsaturated/α-hetero) is 1. The number of carbonyl (C=O) groups is 1. The van der Waals surface area contributed by atoms with E-state index in [1.807, 2.05) is 0 Å². The second-order valence-corrected chi connectivity index (χ2v) is 5.12. The summed E-state index contributed by atoms with van der Waals surface area (Å²) < 4.78 is 0. The monoisotopic (exact) mass is 224 g/mol. The fraction of sp³-hybridized carbons (Fsp3) is 0.833. The van der Waals surface area contributed by atoms with E-state index in [1.54, 1.807) is 0 Å². The van der Waals surface area contributed by atoms with Gasteiger partial charge in [-0.3, -0.25) is 4.79 Å². The van der Waals surface area contributed by atoms with Gasteiger partial charge in [0.25, 0.3) is 0 Å². The maximum Gasteiger partial charge on any atom is 0.177 e. The van der Waals surface area contributed by atoms with Gasteiger partial charge in [-0.15, -0.1) is 0 Å². The van der Waals surface area contributed by atoms with Gasteiger partial charge in [0.2, 0.25) is 0 Å². The number of carbonyl (C=O) groups excluding carboxylic acids is 1. The predicted molar refractivity (Wildman–Crippen MR) is 61.8 cm³/mol. The van der Waals surface area contributed by atoms with E-state index < -0.39 is 0 Å². The maximum absolute atomic E-state index is 11.1. The molecule has 1 aliphatic carbocycles. The first-order valence-corrected chi connectivity index (χ1v) is 6.20. The summed E-state index contributed by atoms with van der Waals surface area (Å²) in [6.45, 7) is 3.45. The second kappa shape index (κ2) is 5.43. The molecule has 4 nitrogen and oxygen atoms in total. The standard InChI is InChI=1S/C12H20N2O2/c15-12(7-13-16)2-1-5-14-8-10-3-4-11(6-10)9-14/h7,10-11,16H,1-6,8-9H2/b13-7+. The van der Waals surface area contributed by atoms with Crippen LogP contribution in [-0.4, -0.2) is 41.7 Å². The zero-order valence-electron chi connectivity index (χ0n) is 9.64. The minimum atomic E-state index is -0.0810. The van der Waals surface area contributed by atoms with Crippen LogP contribution in [0.4, 0.5) is 0 Å². The topological polar surface area (TPSA) is 52.9 Å². The number of piperidine rings is 1. The van der Waals surface area contributed by atoms with Gasteiger partial charge in [-0.1, -0.05) is 5.16 Å². The van der Waals surface area contributed by atoms with Crippen molar-refractivity contribution in [1.82, 2.24) is 4.90 Å². The molecule has 2 aliphatic rings. The molecular weight excluding hydrogens is 204 g/mol. The van der Waals surface area contributed by atoms with Gasteiger partial charge in [0, 0.05) is 19.5 Å². The van der Waals surface area contributed by atoms with Crippen molar-refractivity contribution in [1.29, 1.82) is 0 Å². The molecule has 0 aromatic carbocycles. The number of nitrogens with zero attached hydrogens (tertiary/aromatic N) is 2. The Bertz CT molecular complexity index is 266. The van der Waals surface area contributed by atoms with Crippen molar-refractivity contribution >= 4 is 12.0 Å². The molecule has 0 amide bonds. The van der Waals surface area contributed by atoms with Crippen LogP contribution in [-0.2, 0) is 4.79 Å². The molecule has 1 N–H and O–H groups in total. The number of hydrogen-bond acceptors (Lipinski definition) is 4. The van der Waals surface area contributed by atoms with Gasteiger partial charge in [-0.2, -0.15) is 0 Å². The molecule has 0 radical (unpaired) electrons. The molecule has 1 saturated carbocycles. The summed E-state index contributed by atoms with van der Waals surface area (Å²) in [7, 11) is 0. The highest BCUT2D eigenvalue weighted by Gasteiger charge is 2.32. The van der Waals surface area contributed by atoms with Crippen LogP contribution in [0.5, 0.6) is 0 Å². The molecule has 2 atom stereocenters. The first kappa shape index (κ1) is 11.6. The Morgan fingerprint density at radius 2 is 2.06 bits per heavy atom. The fourth-order valence-electron chi connectivity index (χ4n) is 3.10. The van der Waals surface area contributed by atoms with E-state index in [9.17, 15) is 4.79 Å². The SMILES string of the molecule is O=C(/C=N/O)CCCN1CC2CCC(C2)C1. The van der Waals surface area contributed by atoms with Crippen LogP contribution in [0.1, 0.15) is 32.1 Å². The Balaban J connectivity index is 1.65. The quantitative estimate of drug-likeness (QED) is 0.438. The number of ketones is 1. The summed E-state index contributed by atoms with van der Waals surface area (Å²) in [4.78, 5) is 13.6. The Kier molecular flexibility index (Phi) is 3.93. The van der Waals surface area contributed by atoms with Gasteiger partial charge in [-0.05, 0) is 44.1 Å². The maximum atomic E-state index is 11.1. The summed E-state index contributed by atoms with van der Waals surface area (Å²) in [5, 5.41) is 10.9. The second-order valence-electron chi connectivity index (χ2n) is 5.12. The number of rotatable bonds is 5. The molecule has 2 unspecified atom stereocenters. The largest absolute Gasteiger partial charge is 0.411 e. The van der Waals surface area contributed by atoms with Crippen LogP contribution in [0.3, 0.4) is 0 Å². The van der Waals surface area contributed by atoms with Crippen molar-refractivity contribution in [2.45, 2.75) is 32.1 Å². The molecular formula is C12H20N2O2. The highest BCUT2D eigenvalue weighted by atomic mass is 16.4. The number of oxime groups is 1. The molecule has 1 saturated heterocycles. The summed E-state index contributed by atoms with van der Waals surface area (Å²) in [6, 6.07) is 0. The molecule has 16 heavy (non-hydrogen) atoms. The predicted octanol–water partition coefficient (Wildman–Crippen LogP) is 1.53. The van der Waals surface area contributed by atoms with Gasteiger partial charge < -0.3 is 10.1 Å². The minimum Gasteiger partial charge on any atom is -0.411 e. The van der Waals surface area contributed by atoms with Crippen molar-refractivity contribution in [2.24, 2.45) is 17.0 Å². The van der Waals surface area contributed by atoms with Crippen molar-refractivity contribution in [2.75, 3.05) is 19.6 Å². The number of hydrogen-bond donors (Lipinski definition) is 1.